The van der Waals surface area contributed by atoms with E-state index < -0.39 is 11.0 Å². The Morgan fingerprint density at radius 2 is 2.10 bits per heavy atom. The lowest BCUT2D eigenvalue weighted by molar-refractivity contribution is -0.384. The number of nitro groups is 1. The van der Waals surface area contributed by atoms with Crippen molar-refractivity contribution in [1.82, 2.24) is 4.98 Å². The largest absolute Gasteiger partial charge is 0.456 e. The van der Waals surface area contributed by atoms with Crippen LogP contribution in [0.15, 0.2) is 36.5 Å². The van der Waals surface area contributed by atoms with Gasteiger partial charge in [-0.05, 0) is 24.6 Å². The predicted octanol–water partition coefficient (Wildman–Crippen LogP) is 3.88. The van der Waals surface area contributed by atoms with Crippen molar-refractivity contribution in [1.29, 1.82) is 0 Å². The summed E-state index contributed by atoms with van der Waals surface area (Å²) in [6.45, 7) is 1.86. The van der Waals surface area contributed by atoms with Crippen molar-refractivity contribution in [2.24, 2.45) is 0 Å². The summed E-state index contributed by atoms with van der Waals surface area (Å²) in [6, 6.07) is 7.43. The van der Waals surface area contributed by atoms with Crippen LogP contribution in [0.3, 0.4) is 0 Å². The molecule has 1 aromatic carbocycles. The molecule has 21 heavy (non-hydrogen) atoms. The first-order valence-electron chi connectivity index (χ1n) is 6.27. The lowest BCUT2D eigenvalue weighted by Crippen LogP contribution is -1.98. The first-order chi connectivity index (χ1) is 10.0. The van der Waals surface area contributed by atoms with Gasteiger partial charge in [-0.1, -0.05) is 18.5 Å². The molecule has 2 rings (SSSR count). The number of ether oxygens (including phenoxy) is 1. The summed E-state index contributed by atoms with van der Waals surface area (Å²) in [5.74, 6) is 0.822. The fourth-order valence-electron chi connectivity index (χ4n) is 1.69. The molecule has 1 atom stereocenters. The van der Waals surface area contributed by atoms with Gasteiger partial charge in [0, 0.05) is 12.1 Å². The van der Waals surface area contributed by atoms with Crippen LogP contribution in [0.1, 0.15) is 25.1 Å². The SMILES string of the molecule is CC[C@@H](O)c1ccc(Oc2ccc([N+](=O)[O-])c(Cl)c2)cn1. The highest BCUT2D eigenvalue weighted by Crippen LogP contribution is 2.31. The maximum atomic E-state index is 10.7. The zero-order valence-electron chi connectivity index (χ0n) is 11.2. The van der Waals surface area contributed by atoms with E-state index in [9.17, 15) is 15.2 Å². The molecule has 0 aliphatic heterocycles. The minimum atomic E-state index is -0.604. The van der Waals surface area contributed by atoms with E-state index in [2.05, 4.69) is 4.98 Å². The molecule has 6 nitrogen and oxygen atoms in total. The van der Waals surface area contributed by atoms with E-state index in [1.54, 1.807) is 12.1 Å². The molecule has 0 aliphatic rings. The summed E-state index contributed by atoms with van der Waals surface area (Å²) in [7, 11) is 0. The Labute approximate surface area is 126 Å². The van der Waals surface area contributed by atoms with Crippen LogP contribution in [0, 0.1) is 10.1 Å². The first-order valence-corrected chi connectivity index (χ1v) is 6.65. The monoisotopic (exact) mass is 308 g/mol. The van der Waals surface area contributed by atoms with Gasteiger partial charge in [-0.15, -0.1) is 0 Å². The van der Waals surface area contributed by atoms with Crippen LogP contribution in [-0.4, -0.2) is 15.0 Å². The van der Waals surface area contributed by atoms with E-state index in [-0.39, 0.29) is 10.7 Å². The number of hydrogen-bond acceptors (Lipinski definition) is 5. The van der Waals surface area contributed by atoms with E-state index in [1.807, 2.05) is 6.92 Å². The van der Waals surface area contributed by atoms with Gasteiger partial charge in [0.2, 0.25) is 0 Å². The van der Waals surface area contributed by atoms with E-state index in [1.165, 1.54) is 24.4 Å². The first kappa shape index (κ1) is 15.2. The molecule has 0 saturated heterocycles. The predicted molar refractivity (Wildman–Crippen MR) is 77.7 cm³/mol. The maximum absolute atomic E-state index is 10.7. The Kier molecular flexibility index (Phi) is 4.72. The van der Waals surface area contributed by atoms with Crippen LogP contribution in [0.25, 0.3) is 0 Å². The standard InChI is InChI=1S/C14H13ClN2O4/c1-2-14(18)12-5-3-10(8-16-12)21-9-4-6-13(17(19)20)11(15)7-9/h3-8,14,18H,2H2,1H3/t14-/m1/s1. The fraction of sp³-hybridized carbons (Fsp3) is 0.214. The minimum absolute atomic E-state index is 0.00323. The van der Waals surface area contributed by atoms with Crippen molar-refractivity contribution in [2.45, 2.75) is 19.4 Å². The van der Waals surface area contributed by atoms with Crippen molar-refractivity contribution in [3.05, 3.63) is 57.4 Å². The summed E-state index contributed by atoms with van der Waals surface area (Å²) < 4.78 is 5.51. The second-order valence-electron chi connectivity index (χ2n) is 4.32. The Bertz CT molecular complexity index is 646. The zero-order chi connectivity index (χ0) is 15.4. The Balaban J connectivity index is 2.15. The number of hydrogen-bond donors (Lipinski definition) is 1. The maximum Gasteiger partial charge on any atom is 0.288 e. The molecule has 0 fully saturated rings. The lowest BCUT2D eigenvalue weighted by atomic mass is 10.2. The molecule has 2 aromatic rings. The fourth-order valence-corrected chi connectivity index (χ4v) is 1.93. The second-order valence-corrected chi connectivity index (χ2v) is 4.72. The van der Waals surface area contributed by atoms with E-state index in [0.29, 0.717) is 23.6 Å². The van der Waals surface area contributed by atoms with Crippen LogP contribution in [0.5, 0.6) is 11.5 Å². The molecule has 0 bridgehead atoms. The van der Waals surface area contributed by atoms with Gasteiger partial charge in [0.05, 0.1) is 22.9 Å². The number of halogens is 1. The molecule has 1 N–H and O–H groups in total. The van der Waals surface area contributed by atoms with Gasteiger partial charge >= 0.3 is 0 Å². The van der Waals surface area contributed by atoms with Crippen LogP contribution in [0.4, 0.5) is 5.69 Å². The van der Waals surface area contributed by atoms with Gasteiger partial charge in [0.15, 0.2) is 0 Å². The van der Waals surface area contributed by atoms with Crippen LogP contribution < -0.4 is 4.74 Å². The smallest absolute Gasteiger partial charge is 0.288 e. The molecule has 0 unspecified atom stereocenters. The van der Waals surface area contributed by atoms with Crippen molar-refractivity contribution < 1.29 is 14.8 Å². The van der Waals surface area contributed by atoms with Gasteiger partial charge in [-0.2, -0.15) is 0 Å². The summed E-state index contributed by atoms with van der Waals surface area (Å²) in [5, 5.41) is 20.3. The van der Waals surface area contributed by atoms with Crippen LogP contribution >= 0.6 is 11.6 Å². The number of pyridine rings is 1. The van der Waals surface area contributed by atoms with Crippen molar-refractivity contribution >= 4 is 17.3 Å². The zero-order valence-corrected chi connectivity index (χ0v) is 11.9. The molecule has 0 amide bonds. The summed E-state index contributed by atoms with van der Waals surface area (Å²) in [5.41, 5.74) is 0.384. The molecule has 110 valence electrons. The highest BCUT2D eigenvalue weighted by molar-refractivity contribution is 6.32. The highest BCUT2D eigenvalue weighted by Gasteiger charge is 2.13. The quantitative estimate of drug-likeness (QED) is 0.669. The number of benzene rings is 1. The molecular weight excluding hydrogens is 296 g/mol. The molecule has 0 saturated carbocycles. The summed E-state index contributed by atoms with van der Waals surface area (Å²) in [4.78, 5) is 14.2. The van der Waals surface area contributed by atoms with Gasteiger partial charge in [0.25, 0.3) is 5.69 Å². The third kappa shape index (κ3) is 3.68. The van der Waals surface area contributed by atoms with Gasteiger partial charge in [-0.25, -0.2) is 0 Å². The van der Waals surface area contributed by atoms with Crippen molar-refractivity contribution in [3.63, 3.8) is 0 Å². The molecule has 0 aliphatic carbocycles. The third-order valence-electron chi connectivity index (χ3n) is 2.84. The summed E-state index contributed by atoms with van der Waals surface area (Å²) in [6.07, 6.45) is 1.45. The molecule has 1 heterocycles. The number of aliphatic hydroxyl groups is 1. The van der Waals surface area contributed by atoms with E-state index in [4.69, 9.17) is 16.3 Å². The molecule has 1 aromatic heterocycles. The Morgan fingerprint density at radius 1 is 1.38 bits per heavy atom. The third-order valence-corrected chi connectivity index (χ3v) is 3.14. The van der Waals surface area contributed by atoms with Crippen LogP contribution in [-0.2, 0) is 0 Å². The van der Waals surface area contributed by atoms with Gasteiger partial charge < -0.3 is 9.84 Å². The van der Waals surface area contributed by atoms with Gasteiger partial charge in [0.1, 0.15) is 16.5 Å². The summed E-state index contributed by atoms with van der Waals surface area (Å²) >= 11 is 5.81. The van der Waals surface area contributed by atoms with Gasteiger partial charge in [-0.3, -0.25) is 15.1 Å². The molecular formula is C14H13ClN2O4. The van der Waals surface area contributed by atoms with Crippen LogP contribution in [0.2, 0.25) is 5.02 Å². The minimum Gasteiger partial charge on any atom is -0.456 e. The Hall–Kier alpha value is -2.18. The molecule has 7 heteroatoms. The molecule has 0 radical (unpaired) electrons. The van der Waals surface area contributed by atoms with Crippen molar-refractivity contribution in [3.8, 4) is 11.5 Å². The average molecular weight is 309 g/mol. The number of aromatic nitrogens is 1. The highest BCUT2D eigenvalue weighted by atomic mass is 35.5. The topological polar surface area (TPSA) is 85.5 Å². The second kappa shape index (κ2) is 6.51. The van der Waals surface area contributed by atoms with E-state index >= 15 is 0 Å². The molecule has 0 spiro atoms. The number of aliphatic hydroxyl groups excluding tert-OH is 1. The number of rotatable bonds is 5. The van der Waals surface area contributed by atoms with E-state index in [0.717, 1.165) is 0 Å². The number of nitrogens with zero attached hydrogens (tertiary/aromatic N) is 2. The normalized spacial score (nSPS) is 12.0. The van der Waals surface area contributed by atoms with Crippen molar-refractivity contribution in [2.75, 3.05) is 0 Å². The number of nitro benzene ring substituents is 1. The Morgan fingerprint density at radius 3 is 2.62 bits per heavy atom. The lowest BCUT2D eigenvalue weighted by Gasteiger charge is -2.09. The average Bonchev–Trinajstić information content (AvgIpc) is 2.47.